The number of nitrogens with zero attached hydrogens (tertiary/aromatic N) is 2. The molecule has 4 aromatic rings. The molecular weight excluding hydrogens is 361 g/mol. The fraction of sp³-hybridized carbons (Fsp3) is 0.190. The summed E-state index contributed by atoms with van der Waals surface area (Å²) in [6.45, 7) is 7.21. The van der Waals surface area contributed by atoms with Crippen molar-refractivity contribution >= 4 is 22.7 Å². The van der Waals surface area contributed by atoms with Crippen LogP contribution in [0.1, 0.15) is 33.1 Å². The van der Waals surface area contributed by atoms with Gasteiger partial charge in [0.05, 0.1) is 22.3 Å². The van der Waals surface area contributed by atoms with Crippen molar-refractivity contribution in [1.29, 1.82) is 0 Å². The fourth-order valence-corrected chi connectivity index (χ4v) is 3.22. The number of carbonyl (C=O) groups is 1. The lowest BCUT2D eigenvalue weighted by Crippen LogP contribution is -2.14. The van der Waals surface area contributed by atoms with Gasteiger partial charge in [0.1, 0.15) is 17.3 Å². The number of nitrogens with one attached hydrogen (secondary N) is 1. The summed E-state index contributed by atoms with van der Waals surface area (Å²) in [6, 6.07) is 7.78. The van der Waals surface area contributed by atoms with Gasteiger partial charge in [-0.15, -0.1) is 0 Å². The number of fused-ring (bicyclic) bond motifs is 1. The first-order valence-corrected chi connectivity index (χ1v) is 8.75. The fourth-order valence-electron chi connectivity index (χ4n) is 3.22. The van der Waals surface area contributed by atoms with Gasteiger partial charge in [0, 0.05) is 11.3 Å². The van der Waals surface area contributed by atoms with Crippen molar-refractivity contribution in [3.05, 3.63) is 64.5 Å². The highest BCUT2D eigenvalue weighted by Gasteiger charge is 2.21. The molecule has 0 aliphatic carbocycles. The highest BCUT2D eigenvalue weighted by atomic mass is 19.1. The van der Waals surface area contributed by atoms with Crippen LogP contribution in [0.2, 0.25) is 0 Å². The summed E-state index contributed by atoms with van der Waals surface area (Å²) >= 11 is 0. The molecule has 7 heteroatoms. The molecule has 0 bridgehead atoms. The molecular formula is C21H18FN3O3. The molecule has 1 aromatic carbocycles. The standard InChI is InChI=1S/C21H18FN3O3/c1-10-5-6-14(22)8-17(10)23-20(26)16-9-18(15-7-11(2)27-13(15)4)24-21-19(16)12(3)25-28-21/h5-9H,1-4H3,(H,23,26). The molecule has 142 valence electrons. The van der Waals surface area contributed by atoms with Crippen LogP contribution in [0.5, 0.6) is 0 Å². The van der Waals surface area contributed by atoms with Crippen LogP contribution in [-0.4, -0.2) is 16.0 Å². The SMILES string of the molecule is Cc1cc(-c2cc(C(=O)Nc3cc(F)ccc3C)c3c(C)noc3n2)c(C)o1. The molecule has 0 spiro atoms. The summed E-state index contributed by atoms with van der Waals surface area (Å²) < 4.78 is 24.5. The number of aryl methyl sites for hydroxylation is 4. The second kappa shape index (κ2) is 6.60. The quantitative estimate of drug-likeness (QED) is 0.535. The Balaban J connectivity index is 1.85. The van der Waals surface area contributed by atoms with Gasteiger partial charge in [-0.05, 0) is 57.5 Å². The average molecular weight is 379 g/mol. The summed E-state index contributed by atoms with van der Waals surface area (Å²) in [6.07, 6.45) is 0. The van der Waals surface area contributed by atoms with E-state index in [2.05, 4.69) is 15.5 Å². The molecule has 0 aliphatic rings. The van der Waals surface area contributed by atoms with E-state index < -0.39 is 11.7 Å². The van der Waals surface area contributed by atoms with E-state index >= 15 is 0 Å². The van der Waals surface area contributed by atoms with Crippen molar-refractivity contribution < 1.29 is 18.1 Å². The van der Waals surface area contributed by atoms with E-state index in [0.29, 0.717) is 33.8 Å². The predicted octanol–water partition coefficient (Wildman–Crippen LogP) is 5.11. The molecule has 3 heterocycles. The summed E-state index contributed by atoms with van der Waals surface area (Å²) in [5, 5.41) is 7.24. The number of aromatic nitrogens is 2. The van der Waals surface area contributed by atoms with Crippen LogP contribution in [0, 0.1) is 33.5 Å². The molecule has 0 unspecified atom stereocenters. The second-order valence-electron chi connectivity index (χ2n) is 6.74. The van der Waals surface area contributed by atoms with Gasteiger partial charge in [0.15, 0.2) is 0 Å². The Labute approximate surface area is 160 Å². The minimum atomic E-state index is -0.424. The zero-order chi connectivity index (χ0) is 20.0. The molecule has 28 heavy (non-hydrogen) atoms. The highest BCUT2D eigenvalue weighted by Crippen LogP contribution is 2.31. The average Bonchev–Trinajstić information content (AvgIpc) is 3.19. The summed E-state index contributed by atoms with van der Waals surface area (Å²) in [4.78, 5) is 17.6. The van der Waals surface area contributed by atoms with Crippen LogP contribution in [0.25, 0.3) is 22.4 Å². The molecule has 1 amide bonds. The van der Waals surface area contributed by atoms with Gasteiger partial charge in [-0.2, -0.15) is 0 Å². The Morgan fingerprint density at radius 2 is 1.89 bits per heavy atom. The van der Waals surface area contributed by atoms with Crippen LogP contribution >= 0.6 is 0 Å². The largest absolute Gasteiger partial charge is 0.466 e. The number of anilines is 1. The van der Waals surface area contributed by atoms with Crippen LogP contribution in [-0.2, 0) is 0 Å². The normalized spacial score (nSPS) is 11.2. The number of hydrogen-bond donors (Lipinski definition) is 1. The molecule has 3 aromatic heterocycles. The van der Waals surface area contributed by atoms with Crippen LogP contribution in [0.4, 0.5) is 10.1 Å². The third-order valence-electron chi connectivity index (χ3n) is 4.63. The molecule has 0 radical (unpaired) electrons. The second-order valence-corrected chi connectivity index (χ2v) is 6.74. The third-order valence-corrected chi connectivity index (χ3v) is 4.63. The number of hydrogen-bond acceptors (Lipinski definition) is 5. The van der Waals surface area contributed by atoms with Crippen molar-refractivity contribution in [1.82, 2.24) is 10.1 Å². The lowest BCUT2D eigenvalue weighted by molar-refractivity contribution is 0.102. The van der Waals surface area contributed by atoms with E-state index in [1.165, 1.54) is 12.1 Å². The minimum Gasteiger partial charge on any atom is -0.466 e. The maximum absolute atomic E-state index is 13.6. The monoisotopic (exact) mass is 379 g/mol. The number of carbonyl (C=O) groups excluding carboxylic acids is 1. The summed E-state index contributed by atoms with van der Waals surface area (Å²) in [7, 11) is 0. The molecule has 0 atom stereocenters. The lowest BCUT2D eigenvalue weighted by atomic mass is 10.0. The topological polar surface area (TPSA) is 81.2 Å². The van der Waals surface area contributed by atoms with Gasteiger partial charge in [0.2, 0.25) is 0 Å². The van der Waals surface area contributed by atoms with E-state index in [-0.39, 0.29) is 5.71 Å². The Bertz CT molecular complexity index is 1220. The maximum Gasteiger partial charge on any atom is 0.259 e. The van der Waals surface area contributed by atoms with Crippen molar-refractivity contribution in [2.75, 3.05) is 5.32 Å². The number of pyridine rings is 1. The first-order valence-electron chi connectivity index (χ1n) is 8.75. The molecule has 0 aliphatic heterocycles. The first kappa shape index (κ1) is 17.9. The van der Waals surface area contributed by atoms with Crippen LogP contribution in [0.3, 0.4) is 0 Å². The van der Waals surface area contributed by atoms with Gasteiger partial charge in [-0.25, -0.2) is 9.37 Å². The highest BCUT2D eigenvalue weighted by molar-refractivity contribution is 6.13. The lowest BCUT2D eigenvalue weighted by Gasteiger charge is -2.10. The van der Waals surface area contributed by atoms with Crippen molar-refractivity contribution in [2.45, 2.75) is 27.7 Å². The van der Waals surface area contributed by atoms with Crippen LogP contribution in [0.15, 0.2) is 39.3 Å². The Hall–Kier alpha value is -3.48. The molecule has 1 N–H and O–H groups in total. The van der Waals surface area contributed by atoms with Crippen molar-refractivity contribution in [3.63, 3.8) is 0 Å². The van der Waals surface area contributed by atoms with Crippen molar-refractivity contribution in [2.24, 2.45) is 0 Å². The first-order chi connectivity index (χ1) is 13.3. The zero-order valence-electron chi connectivity index (χ0n) is 15.9. The Morgan fingerprint density at radius 1 is 1.11 bits per heavy atom. The predicted molar refractivity (Wildman–Crippen MR) is 103 cm³/mol. The van der Waals surface area contributed by atoms with Gasteiger partial charge in [-0.3, -0.25) is 4.79 Å². The zero-order valence-corrected chi connectivity index (χ0v) is 15.9. The molecule has 0 saturated heterocycles. The molecule has 6 nitrogen and oxygen atoms in total. The van der Waals surface area contributed by atoms with Crippen LogP contribution < -0.4 is 5.32 Å². The number of rotatable bonds is 3. The summed E-state index contributed by atoms with van der Waals surface area (Å²) in [5.41, 5.74) is 3.62. The Morgan fingerprint density at radius 3 is 2.61 bits per heavy atom. The Kier molecular flexibility index (Phi) is 4.22. The van der Waals surface area contributed by atoms with E-state index in [9.17, 15) is 9.18 Å². The number of halogens is 1. The van der Waals surface area contributed by atoms with Gasteiger partial charge >= 0.3 is 0 Å². The maximum atomic E-state index is 13.6. The van der Waals surface area contributed by atoms with E-state index in [1.54, 1.807) is 26.0 Å². The van der Waals surface area contributed by atoms with Gasteiger partial charge in [-0.1, -0.05) is 11.2 Å². The van der Waals surface area contributed by atoms with E-state index in [1.807, 2.05) is 19.9 Å². The van der Waals surface area contributed by atoms with Crippen molar-refractivity contribution in [3.8, 4) is 11.3 Å². The third kappa shape index (κ3) is 3.05. The molecule has 0 saturated carbocycles. The molecule has 0 fully saturated rings. The van der Waals surface area contributed by atoms with E-state index in [0.717, 1.165) is 16.9 Å². The summed E-state index contributed by atoms with van der Waals surface area (Å²) in [5.74, 6) is 0.607. The number of amides is 1. The molecule has 4 rings (SSSR count). The minimum absolute atomic E-state index is 0.259. The van der Waals surface area contributed by atoms with Gasteiger partial charge < -0.3 is 14.3 Å². The van der Waals surface area contributed by atoms with Gasteiger partial charge in [0.25, 0.3) is 11.6 Å². The number of benzene rings is 1. The van der Waals surface area contributed by atoms with E-state index in [4.69, 9.17) is 8.94 Å². The smallest absolute Gasteiger partial charge is 0.259 e. The number of furan rings is 1.